The van der Waals surface area contributed by atoms with Crippen LogP contribution >= 0.6 is 0 Å². The molecular formula is C10H18O2. The minimum atomic E-state index is 0.204. The molecule has 0 fully saturated rings. The van der Waals surface area contributed by atoms with Crippen molar-refractivity contribution in [2.24, 2.45) is 11.8 Å². The smallest absolute Gasteiger partial charge is 0.0465 e. The molecule has 0 amide bonds. The average molecular weight is 170 g/mol. The van der Waals surface area contributed by atoms with Crippen LogP contribution in [0.1, 0.15) is 26.7 Å². The molecule has 0 bridgehead atoms. The zero-order valence-electron chi connectivity index (χ0n) is 7.88. The van der Waals surface area contributed by atoms with Gasteiger partial charge in [-0.15, -0.1) is 0 Å². The van der Waals surface area contributed by atoms with Crippen LogP contribution in [0.2, 0.25) is 0 Å². The molecule has 2 heteroatoms. The van der Waals surface area contributed by atoms with Gasteiger partial charge in [-0.3, -0.25) is 0 Å². The molecule has 0 unspecified atom stereocenters. The van der Waals surface area contributed by atoms with E-state index in [1.807, 2.05) is 0 Å². The van der Waals surface area contributed by atoms with Crippen molar-refractivity contribution in [3.63, 3.8) is 0 Å². The Hall–Kier alpha value is -0.340. The average Bonchev–Trinajstić information content (AvgIpc) is 2.09. The third-order valence-corrected chi connectivity index (χ3v) is 3.00. The van der Waals surface area contributed by atoms with Gasteiger partial charge in [0.2, 0.25) is 0 Å². The zero-order chi connectivity index (χ0) is 9.14. The summed E-state index contributed by atoms with van der Waals surface area (Å²) >= 11 is 0. The van der Waals surface area contributed by atoms with E-state index in [2.05, 4.69) is 13.8 Å². The highest BCUT2D eigenvalue weighted by atomic mass is 16.3. The molecule has 0 aromatic rings. The van der Waals surface area contributed by atoms with Crippen molar-refractivity contribution in [1.29, 1.82) is 0 Å². The van der Waals surface area contributed by atoms with Crippen LogP contribution in [0, 0.1) is 11.8 Å². The summed E-state index contributed by atoms with van der Waals surface area (Å²) in [7, 11) is 0. The highest BCUT2D eigenvalue weighted by Gasteiger charge is 2.25. The van der Waals surface area contributed by atoms with Gasteiger partial charge in [0.25, 0.3) is 0 Å². The van der Waals surface area contributed by atoms with Crippen molar-refractivity contribution < 1.29 is 10.2 Å². The van der Waals surface area contributed by atoms with Crippen LogP contribution in [0.15, 0.2) is 11.1 Å². The first-order valence-corrected chi connectivity index (χ1v) is 4.56. The topological polar surface area (TPSA) is 40.5 Å². The Kier molecular flexibility index (Phi) is 3.29. The molecule has 1 aliphatic rings. The van der Waals surface area contributed by atoms with Crippen molar-refractivity contribution in [3.8, 4) is 0 Å². The van der Waals surface area contributed by atoms with Crippen molar-refractivity contribution in [1.82, 2.24) is 0 Å². The van der Waals surface area contributed by atoms with Crippen molar-refractivity contribution in [2.45, 2.75) is 26.7 Å². The molecule has 12 heavy (non-hydrogen) atoms. The molecule has 0 heterocycles. The molecule has 0 saturated carbocycles. The highest BCUT2D eigenvalue weighted by Crippen LogP contribution is 2.33. The SMILES string of the molecule is CC1=C(C)C[C@H](CO)[C@@H](CO)C1. The van der Waals surface area contributed by atoms with Gasteiger partial charge in [0.1, 0.15) is 0 Å². The van der Waals surface area contributed by atoms with Crippen LogP contribution < -0.4 is 0 Å². The molecule has 2 N–H and O–H groups in total. The molecule has 0 saturated heterocycles. The largest absolute Gasteiger partial charge is 0.396 e. The van der Waals surface area contributed by atoms with Crippen molar-refractivity contribution in [2.75, 3.05) is 13.2 Å². The number of rotatable bonds is 2. The van der Waals surface area contributed by atoms with Gasteiger partial charge in [-0.2, -0.15) is 0 Å². The molecule has 1 rings (SSSR count). The van der Waals surface area contributed by atoms with Gasteiger partial charge in [-0.05, 0) is 38.5 Å². The van der Waals surface area contributed by atoms with E-state index in [9.17, 15) is 0 Å². The van der Waals surface area contributed by atoms with E-state index in [0.29, 0.717) is 0 Å². The van der Waals surface area contributed by atoms with Crippen LogP contribution in [0.25, 0.3) is 0 Å². The summed E-state index contributed by atoms with van der Waals surface area (Å²) < 4.78 is 0. The van der Waals surface area contributed by atoms with Gasteiger partial charge in [-0.25, -0.2) is 0 Å². The van der Waals surface area contributed by atoms with Gasteiger partial charge in [-0.1, -0.05) is 11.1 Å². The number of aliphatic hydroxyl groups is 2. The minimum absolute atomic E-state index is 0.204. The van der Waals surface area contributed by atoms with E-state index >= 15 is 0 Å². The number of hydrogen-bond donors (Lipinski definition) is 2. The molecule has 0 spiro atoms. The second-order valence-corrected chi connectivity index (χ2v) is 3.85. The maximum absolute atomic E-state index is 9.06. The van der Waals surface area contributed by atoms with Crippen LogP contribution in [0.4, 0.5) is 0 Å². The van der Waals surface area contributed by atoms with E-state index in [0.717, 1.165) is 12.8 Å². The fourth-order valence-electron chi connectivity index (χ4n) is 1.90. The molecule has 1 aliphatic carbocycles. The lowest BCUT2D eigenvalue weighted by molar-refractivity contribution is 0.113. The Morgan fingerprint density at radius 2 is 1.33 bits per heavy atom. The van der Waals surface area contributed by atoms with E-state index in [1.165, 1.54) is 11.1 Å². The number of hydrogen-bond acceptors (Lipinski definition) is 2. The summed E-state index contributed by atoms with van der Waals surface area (Å²) in [6.07, 6.45) is 1.90. The first-order chi connectivity index (χ1) is 5.69. The van der Waals surface area contributed by atoms with Gasteiger partial charge in [0, 0.05) is 13.2 Å². The van der Waals surface area contributed by atoms with E-state index in [1.54, 1.807) is 0 Å². The second-order valence-electron chi connectivity index (χ2n) is 3.85. The Morgan fingerprint density at radius 1 is 1.00 bits per heavy atom. The number of allylic oxidation sites excluding steroid dienone is 2. The Bertz CT molecular complexity index is 164. The lowest BCUT2D eigenvalue weighted by atomic mass is 9.77. The standard InChI is InChI=1S/C10H18O2/c1-7-3-9(5-11)10(6-12)4-8(7)2/h9-12H,3-6H2,1-2H3/t9-,10-/m1/s1. The second kappa shape index (κ2) is 4.06. The molecule has 0 aliphatic heterocycles. The summed E-state index contributed by atoms with van der Waals surface area (Å²) in [5, 5.41) is 18.1. The van der Waals surface area contributed by atoms with Gasteiger partial charge in [0.05, 0.1) is 0 Å². The Labute approximate surface area is 73.9 Å². The van der Waals surface area contributed by atoms with Gasteiger partial charge < -0.3 is 10.2 Å². The molecular weight excluding hydrogens is 152 g/mol. The monoisotopic (exact) mass is 170 g/mol. The first kappa shape index (κ1) is 9.75. The molecule has 0 aromatic carbocycles. The number of aliphatic hydroxyl groups excluding tert-OH is 2. The molecule has 70 valence electrons. The summed E-state index contributed by atoms with van der Waals surface area (Å²) in [5.74, 6) is 0.553. The summed E-state index contributed by atoms with van der Waals surface area (Å²) in [5.41, 5.74) is 2.78. The lowest BCUT2D eigenvalue weighted by Crippen LogP contribution is -2.26. The summed E-state index contributed by atoms with van der Waals surface area (Å²) in [6, 6.07) is 0. The Morgan fingerprint density at radius 3 is 1.58 bits per heavy atom. The predicted molar refractivity (Wildman–Crippen MR) is 48.8 cm³/mol. The van der Waals surface area contributed by atoms with Gasteiger partial charge in [0.15, 0.2) is 0 Å². The normalized spacial score (nSPS) is 31.0. The fraction of sp³-hybridized carbons (Fsp3) is 0.800. The first-order valence-electron chi connectivity index (χ1n) is 4.56. The van der Waals surface area contributed by atoms with Crippen LogP contribution in [-0.2, 0) is 0 Å². The van der Waals surface area contributed by atoms with E-state index < -0.39 is 0 Å². The predicted octanol–water partition coefficient (Wildman–Crippen LogP) is 1.33. The zero-order valence-corrected chi connectivity index (χ0v) is 7.88. The quantitative estimate of drug-likeness (QED) is 0.614. The summed E-state index contributed by atoms with van der Waals surface area (Å²) in [6.45, 7) is 4.64. The van der Waals surface area contributed by atoms with E-state index in [-0.39, 0.29) is 25.0 Å². The Balaban J connectivity index is 2.68. The van der Waals surface area contributed by atoms with Crippen LogP contribution in [0.5, 0.6) is 0 Å². The molecule has 2 atom stereocenters. The third-order valence-electron chi connectivity index (χ3n) is 3.00. The third kappa shape index (κ3) is 1.87. The molecule has 0 aromatic heterocycles. The maximum atomic E-state index is 9.06. The van der Waals surface area contributed by atoms with Crippen molar-refractivity contribution >= 4 is 0 Å². The van der Waals surface area contributed by atoms with Gasteiger partial charge >= 0.3 is 0 Å². The summed E-state index contributed by atoms with van der Waals surface area (Å²) in [4.78, 5) is 0. The van der Waals surface area contributed by atoms with Crippen LogP contribution in [-0.4, -0.2) is 23.4 Å². The fourth-order valence-corrected chi connectivity index (χ4v) is 1.90. The maximum Gasteiger partial charge on any atom is 0.0465 e. The van der Waals surface area contributed by atoms with E-state index in [4.69, 9.17) is 10.2 Å². The minimum Gasteiger partial charge on any atom is -0.396 e. The highest BCUT2D eigenvalue weighted by molar-refractivity contribution is 5.15. The molecule has 2 nitrogen and oxygen atoms in total. The van der Waals surface area contributed by atoms with Crippen LogP contribution in [0.3, 0.4) is 0 Å². The van der Waals surface area contributed by atoms with Crippen molar-refractivity contribution in [3.05, 3.63) is 11.1 Å². The molecule has 0 radical (unpaired) electrons. The lowest BCUT2D eigenvalue weighted by Gasteiger charge is -2.30.